The van der Waals surface area contributed by atoms with Gasteiger partial charge in [0.25, 0.3) is 11.5 Å². The molecule has 27 heavy (non-hydrogen) atoms. The Morgan fingerprint density at radius 3 is 2.37 bits per heavy atom. The van der Waals surface area contributed by atoms with Gasteiger partial charge in [0, 0.05) is 25.1 Å². The molecule has 0 fully saturated rings. The number of aryl methyl sites for hydroxylation is 1. The van der Waals surface area contributed by atoms with E-state index in [0.717, 1.165) is 11.8 Å². The lowest BCUT2D eigenvalue weighted by molar-refractivity contribution is -0.131. The average Bonchev–Trinajstić information content (AvgIpc) is 2.64. The molecule has 0 spiro atoms. The van der Waals surface area contributed by atoms with Gasteiger partial charge in [-0.3, -0.25) is 14.8 Å². The van der Waals surface area contributed by atoms with E-state index < -0.39 is 20.5 Å². The molecule has 8 heteroatoms. The van der Waals surface area contributed by atoms with Crippen molar-refractivity contribution in [2.24, 2.45) is 0 Å². The molecule has 0 unspecified atom stereocenters. The summed E-state index contributed by atoms with van der Waals surface area (Å²) in [6, 6.07) is 12.8. The highest BCUT2D eigenvalue weighted by Crippen LogP contribution is 2.22. The molecule has 0 radical (unpaired) electrons. The standard InChI is InChI=1S/C19H22N2O5S/c1-19(18(23)20-24,27(2,25)26)11-13-21-12-10-16(14-17(21)22)9-8-15-6-4-3-5-7-15/h3-10,12,14,24H,11,13H2,1-2H3,(H,20,23)/b9-8+/t19-/m1/s1. The number of rotatable bonds is 7. The lowest BCUT2D eigenvalue weighted by Crippen LogP contribution is -2.49. The zero-order valence-electron chi connectivity index (χ0n) is 15.1. The summed E-state index contributed by atoms with van der Waals surface area (Å²) in [5, 5.41) is 8.83. The molecule has 2 rings (SSSR count). The summed E-state index contributed by atoms with van der Waals surface area (Å²) in [7, 11) is -3.80. The molecule has 1 aromatic carbocycles. The summed E-state index contributed by atoms with van der Waals surface area (Å²) < 4.78 is 23.4. The Morgan fingerprint density at radius 1 is 1.19 bits per heavy atom. The van der Waals surface area contributed by atoms with Crippen molar-refractivity contribution in [1.82, 2.24) is 10.0 Å². The van der Waals surface area contributed by atoms with Crippen molar-refractivity contribution in [3.05, 3.63) is 70.1 Å². The fourth-order valence-corrected chi connectivity index (χ4v) is 3.33. The number of pyridine rings is 1. The van der Waals surface area contributed by atoms with E-state index in [9.17, 15) is 18.0 Å². The van der Waals surface area contributed by atoms with E-state index in [1.165, 1.54) is 23.0 Å². The van der Waals surface area contributed by atoms with E-state index in [1.807, 2.05) is 36.4 Å². The monoisotopic (exact) mass is 390 g/mol. The van der Waals surface area contributed by atoms with E-state index >= 15 is 0 Å². The van der Waals surface area contributed by atoms with Crippen LogP contribution in [-0.4, -0.2) is 35.1 Å². The summed E-state index contributed by atoms with van der Waals surface area (Å²) >= 11 is 0. The molecule has 0 bridgehead atoms. The van der Waals surface area contributed by atoms with Gasteiger partial charge in [0.15, 0.2) is 14.6 Å². The van der Waals surface area contributed by atoms with Gasteiger partial charge in [-0.25, -0.2) is 13.9 Å². The van der Waals surface area contributed by atoms with Crippen LogP contribution >= 0.6 is 0 Å². The van der Waals surface area contributed by atoms with Crippen LogP contribution in [0.4, 0.5) is 0 Å². The van der Waals surface area contributed by atoms with Crippen LogP contribution in [0.5, 0.6) is 0 Å². The fraction of sp³-hybridized carbons (Fsp3) is 0.263. The molecular formula is C19H22N2O5S. The van der Waals surface area contributed by atoms with Gasteiger partial charge in [0.1, 0.15) is 0 Å². The van der Waals surface area contributed by atoms with E-state index in [1.54, 1.807) is 18.3 Å². The summed E-state index contributed by atoms with van der Waals surface area (Å²) in [4.78, 5) is 24.1. The van der Waals surface area contributed by atoms with Crippen molar-refractivity contribution in [2.45, 2.75) is 24.6 Å². The maximum Gasteiger partial charge on any atom is 0.264 e. The molecule has 7 nitrogen and oxygen atoms in total. The lowest BCUT2D eigenvalue weighted by atomic mass is 10.1. The third-order valence-corrected chi connectivity index (χ3v) is 6.54. The van der Waals surface area contributed by atoms with Crippen LogP contribution in [0.2, 0.25) is 0 Å². The Balaban J connectivity index is 2.17. The SMILES string of the molecule is C[C@@](CCn1ccc(/C=C/c2ccccc2)cc1=O)(C(=O)NO)S(C)(=O)=O. The molecule has 1 aromatic heterocycles. The van der Waals surface area contributed by atoms with Crippen LogP contribution < -0.4 is 11.0 Å². The van der Waals surface area contributed by atoms with Gasteiger partial charge in [-0.2, -0.15) is 0 Å². The molecule has 0 saturated carbocycles. The van der Waals surface area contributed by atoms with Crippen LogP contribution in [0.25, 0.3) is 12.2 Å². The molecule has 1 atom stereocenters. The predicted octanol–water partition coefficient (Wildman–Crippen LogP) is 1.72. The van der Waals surface area contributed by atoms with Gasteiger partial charge in [-0.05, 0) is 30.5 Å². The predicted molar refractivity (Wildman–Crippen MR) is 104 cm³/mol. The first-order valence-electron chi connectivity index (χ1n) is 8.25. The zero-order valence-corrected chi connectivity index (χ0v) is 15.9. The maximum atomic E-state index is 12.3. The summed E-state index contributed by atoms with van der Waals surface area (Å²) in [5.41, 5.74) is 2.78. The van der Waals surface area contributed by atoms with E-state index in [0.29, 0.717) is 5.56 Å². The highest BCUT2D eigenvalue weighted by atomic mass is 32.2. The Morgan fingerprint density at radius 2 is 1.81 bits per heavy atom. The van der Waals surface area contributed by atoms with Gasteiger partial charge in [0.2, 0.25) is 0 Å². The first-order chi connectivity index (χ1) is 12.7. The van der Waals surface area contributed by atoms with Crippen LogP contribution in [0.15, 0.2) is 53.5 Å². The molecule has 2 aromatic rings. The number of hydrogen-bond donors (Lipinski definition) is 2. The molecular weight excluding hydrogens is 368 g/mol. The molecule has 0 aliphatic rings. The minimum Gasteiger partial charge on any atom is -0.315 e. The van der Waals surface area contributed by atoms with Gasteiger partial charge in [-0.15, -0.1) is 0 Å². The van der Waals surface area contributed by atoms with E-state index in [4.69, 9.17) is 5.21 Å². The molecule has 0 aliphatic carbocycles. The summed E-state index contributed by atoms with van der Waals surface area (Å²) in [6.45, 7) is 1.23. The number of carbonyl (C=O) groups is 1. The number of aromatic nitrogens is 1. The van der Waals surface area contributed by atoms with Crippen LogP contribution in [0.1, 0.15) is 24.5 Å². The third kappa shape index (κ3) is 4.93. The molecule has 1 amide bonds. The maximum absolute atomic E-state index is 12.3. The number of hydrogen-bond acceptors (Lipinski definition) is 5. The quantitative estimate of drug-likeness (QED) is 0.553. The van der Waals surface area contributed by atoms with Crippen molar-refractivity contribution in [3.63, 3.8) is 0 Å². The number of hydroxylamine groups is 1. The van der Waals surface area contributed by atoms with Crippen molar-refractivity contribution in [3.8, 4) is 0 Å². The van der Waals surface area contributed by atoms with Gasteiger partial charge in [0.05, 0.1) is 0 Å². The van der Waals surface area contributed by atoms with E-state index in [-0.39, 0.29) is 18.5 Å². The summed E-state index contributed by atoms with van der Waals surface area (Å²) in [6.07, 6.45) is 6.00. The van der Waals surface area contributed by atoms with Gasteiger partial charge in [-0.1, -0.05) is 42.5 Å². The number of sulfone groups is 1. The van der Waals surface area contributed by atoms with Crippen molar-refractivity contribution in [1.29, 1.82) is 0 Å². The highest BCUT2D eigenvalue weighted by Gasteiger charge is 2.43. The number of amides is 1. The smallest absolute Gasteiger partial charge is 0.264 e. The Kier molecular flexibility index (Phi) is 6.35. The Bertz CT molecular complexity index is 996. The van der Waals surface area contributed by atoms with Crippen molar-refractivity contribution in [2.75, 3.05) is 6.26 Å². The van der Waals surface area contributed by atoms with Gasteiger partial charge >= 0.3 is 0 Å². The Labute approximate surface area is 157 Å². The number of carbonyl (C=O) groups excluding carboxylic acids is 1. The largest absolute Gasteiger partial charge is 0.315 e. The number of nitrogens with one attached hydrogen (secondary N) is 1. The molecule has 0 saturated heterocycles. The molecule has 2 N–H and O–H groups in total. The van der Waals surface area contributed by atoms with Crippen LogP contribution in [0.3, 0.4) is 0 Å². The second-order valence-corrected chi connectivity index (χ2v) is 8.88. The molecule has 1 heterocycles. The minimum absolute atomic E-state index is 0.0124. The molecule has 0 aliphatic heterocycles. The zero-order chi connectivity index (χ0) is 20.1. The Hall–Kier alpha value is -2.71. The average molecular weight is 390 g/mol. The van der Waals surface area contributed by atoms with Crippen LogP contribution in [0, 0.1) is 0 Å². The minimum atomic E-state index is -3.80. The van der Waals surface area contributed by atoms with Crippen molar-refractivity contribution < 1.29 is 18.4 Å². The van der Waals surface area contributed by atoms with Crippen LogP contribution in [-0.2, 0) is 21.2 Å². The highest BCUT2D eigenvalue weighted by molar-refractivity contribution is 7.92. The first-order valence-corrected chi connectivity index (χ1v) is 10.1. The lowest BCUT2D eigenvalue weighted by Gasteiger charge is -2.25. The molecule has 144 valence electrons. The first kappa shape index (κ1) is 20.6. The van der Waals surface area contributed by atoms with Crippen molar-refractivity contribution >= 4 is 27.9 Å². The number of benzene rings is 1. The normalized spacial score (nSPS) is 14.0. The second kappa shape index (κ2) is 8.32. The van der Waals surface area contributed by atoms with Gasteiger partial charge < -0.3 is 4.57 Å². The topological polar surface area (TPSA) is 105 Å². The summed E-state index contributed by atoms with van der Waals surface area (Å²) in [5.74, 6) is -1.03. The van der Waals surface area contributed by atoms with E-state index in [2.05, 4.69) is 0 Å². The fourth-order valence-electron chi connectivity index (χ4n) is 2.49. The third-order valence-electron chi connectivity index (χ3n) is 4.52. The number of nitrogens with zero attached hydrogens (tertiary/aromatic N) is 1. The second-order valence-electron chi connectivity index (χ2n) is 6.43.